The van der Waals surface area contributed by atoms with Gasteiger partial charge in [-0.1, -0.05) is 0 Å². The molecule has 1 rings (SSSR count). The van der Waals surface area contributed by atoms with E-state index in [1.54, 1.807) is 0 Å². The summed E-state index contributed by atoms with van der Waals surface area (Å²) in [4.78, 5) is 21.0. The monoisotopic (exact) mass is 222 g/mol. The maximum Gasteiger partial charge on any atom is 0.302 e. The molecule has 15 heavy (non-hydrogen) atoms. The summed E-state index contributed by atoms with van der Waals surface area (Å²) in [7, 11) is 0. The number of carbonyl (C=O) groups is 2. The van der Waals surface area contributed by atoms with Crippen molar-refractivity contribution in [3.8, 4) is 0 Å². The standard InChI is InChI=1S/C9H12F2O4/c1-6(12)14-4-8(3-9(8,10)11)5-15-7(2)13/h3-5H2,1-2H3. The van der Waals surface area contributed by atoms with Gasteiger partial charge in [-0.2, -0.15) is 0 Å². The summed E-state index contributed by atoms with van der Waals surface area (Å²) in [5.74, 6) is -4.17. The normalized spacial score (nSPS) is 20.5. The Balaban J connectivity index is 2.50. The lowest BCUT2D eigenvalue weighted by atomic mass is 10.1. The minimum atomic E-state index is -2.92. The zero-order chi connectivity index (χ0) is 11.7. The van der Waals surface area contributed by atoms with Crippen LogP contribution in [0.2, 0.25) is 0 Å². The first-order valence-corrected chi connectivity index (χ1v) is 4.44. The maximum atomic E-state index is 13.0. The second-order valence-corrected chi connectivity index (χ2v) is 3.72. The van der Waals surface area contributed by atoms with Gasteiger partial charge < -0.3 is 9.47 Å². The number of halogens is 2. The van der Waals surface area contributed by atoms with Crippen LogP contribution in [0.25, 0.3) is 0 Å². The quantitative estimate of drug-likeness (QED) is 0.669. The lowest BCUT2D eigenvalue weighted by Gasteiger charge is -2.15. The molecule has 0 aliphatic heterocycles. The van der Waals surface area contributed by atoms with Crippen LogP contribution in [0.5, 0.6) is 0 Å². The van der Waals surface area contributed by atoms with Gasteiger partial charge in [0.05, 0.1) is 0 Å². The summed E-state index contributed by atoms with van der Waals surface area (Å²) in [6, 6.07) is 0. The van der Waals surface area contributed by atoms with Crippen LogP contribution in [-0.2, 0) is 19.1 Å². The molecule has 1 aliphatic rings. The third-order valence-electron chi connectivity index (χ3n) is 2.31. The summed E-state index contributed by atoms with van der Waals surface area (Å²) in [5, 5.41) is 0. The number of ether oxygens (including phenoxy) is 2. The fourth-order valence-corrected chi connectivity index (χ4v) is 1.22. The largest absolute Gasteiger partial charge is 0.465 e. The molecule has 86 valence electrons. The van der Waals surface area contributed by atoms with Crippen LogP contribution in [0, 0.1) is 5.41 Å². The zero-order valence-electron chi connectivity index (χ0n) is 8.51. The van der Waals surface area contributed by atoms with Crippen molar-refractivity contribution in [1.29, 1.82) is 0 Å². The molecule has 0 spiro atoms. The predicted octanol–water partition coefficient (Wildman–Crippen LogP) is 1.14. The highest BCUT2D eigenvalue weighted by Gasteiger charge is 2.72. The lowest BCUT2D eigenvalue weighted by Crippen LogP contribution is -2.26. The van der Waals surface area contributed by atoms with Gasteiger partial charge in [-0.15, -0.1) is 0 Å². The van der Waals surface area contributed by atoms with Gasteiger partial charge in [0.15, 0.2) is 0 Å². The van der Waals surface area contributed by atoms with Gasteiger partial charge in [0, 0.05) is 20.3 Å². The number of hydrogen-bond acceptors (Lipinski definition) is 4. The SMILES string of the molecule is CC(=O)OCC1(COC(C)=O)CC1(F)F. The van der Waals surface area contributed by atoms with Gasteiger partial charge in [0.1, 0.15) is 18.6 Å². The van der Waals surface area contributed by atoms with Crippen LogP contribution < -0.4 is 0 Å². The molecule has 4 nitrogen and oxygen atoms in total. The predicted molar refractivity (Wildman–Crippen MR) is 45.3 cm³/mol. The summed E-state index contributed by atoms with van der Waals surface area (Å²) in [6.45, 7) is 1.45. The molecule has 1 fully saturated rings. The highest BCUT2D eigenvalue weighted by atomic mass is 19.3. The van der Waals surface area contributed by atoms with Gasteiger partial charge in [-0.3, -0.25) is 9.59 Å². The Hall–Kier alpha value is -1.20. The van der Waals surface area contributed by atoms with Crippen molar-refractivity contribution in [3.05, 3.63) is 0 Å². The molecule has 0 amide bonds. The van der Waals surface area contributed by atoms with Crippen LogP contribution in [0.3, 0.4) is 0 Å². The zero-order valence-corrected chi connectivity index (χ0v) is 8.51. The molecule has 0 heterocycles. The Morgan fingerprint density at radius 1 is 1.13 bits per heavy atom. The highest BCUT2D eigenvalue weighted by Crippen LogP contribution is 2.60. The third-order valence-corrected chi connectivity index (χ3v) is 2.31. The van der Waals surface area contributed by atoms with Crippen molar-refractivity contribution in [3.63, 3.8) is 0 Å². The Morgan fingerprint density at radius 3 is 1.67 bits per heavy atom. The summed E-state index contributed by atoms with van der Waals surface area (Å²) >= 11 is 0. The average molecular weight is 222 g/mol. The van der Waals surface area contributed by atoms with Gasteiger partial charge in [-0.05, 0) is 0 Å². The number of hydrogen-bond donors (Lipinski definition) is 0. The number of esters is 2. The molecular formula is C9H12F2O4. The molecular weight excluding hydrogens is 210 g/mol. The fourth-order valence-electron chi connectivity index (χ4n) is 1.22. The fraction of sp³-hybridized carbons (Fsp3) is 0.778. The van der Waals surface area contributed by atoms with E-state index < -0.39 is 42.9 Å². The second-order valence-electron chi connectivity index (χ2n) is 3.72. The molecule has 0 unspecified atom stereocenters. The van der Waals surface area contributed by atoms with E-state index in [9.17, 15) is 18.4 Å². The van der Waals surface area contributed by atoms with Gasteiger partial charge in [0.25, 0.3) is 5.92 Å². The molecule has 0 bridgehead atoms. The number of carbonyl (C=O) groups excluding carboxylic acids is 2. The molecule has 0 radical (unpaired) electrons. The Labute approximate surface area is 85.5 Å². The van der Waals surface area contributed by atoms with Crippen LogP contribution >= 0.6 is 0 Å². The molecule has 6 heteroatoms. The van der Waals surface area contributed by atoms with Gasteiger partial charge in [0.2, 0.25) is 0 Å². The number of rotatable bonds is 4. The van der Waals surface area contributed by atoms with Crippen LogP contribution in [0.1, 0.15) is 20.3 Å². The van der Waals surface area contributed by atoms with Crippen LogP contribution in [0.4, 0.5) is 8.78 Å². The lowest BCUT2D eigenvalue weighted by molar-refractivity contribution is -0.150. The van der Waals surface area contributed by atoms with Crippen molar-refractivity contribution in [2.45, 2.75) is 26.2 Å². The minimum Gasteiger partial charge on any atom is -0.465 e. The Kier molecular flexibility index (Phi) is 2.97. The third kappa shape index (κ3) is 2.64. The van der Waals surface area contributed by atoms with E-state index in [4.69, 9.17) is 0 Å². The second kappa shape index (κ2) is 3.75. The molecule has 0 aromatic rings. The van der Waals surface area contributed by atoms with E-state index >= 15 is 0 Å². The summed E-state index contributed by atoms with van der Waals surface area (Å²) in [6.07, 6.45) is -0.416. The Bertz CT molecular complexity index is 270. The number of alkyl halides is 2. The smallest absolute Gasteiger partial charge is 0.302 e. The van der Waals surface area contributed by atoms with Crippen LogP contribution in [0.15, 0.2) is 0 Å². The first kappa shape index (κ1) is 11.9. The van der Waals surface area contributed by atoms with Gasteiger partial charge in [-0.25, -0.2) is 8.78 Å². The molecule has 1 aliphatic carbocycles. The van der Waals surface area contributed by atoms with Crippen molar-refractivity contribution in [2.75, 3.05) is 13.2 Å². The van der Waals surface area contributed by atoms with Crippen molar-refractivity contribution >= 4 is 11.9 Å². The molecule has 0 atom stereocenters. The van der Waals surface area contributed by atoms with E-state index in [0.29, 0.717) is 0 Å². The van der Waals surface area contributed by atoms with E-state index in [-0.39, 0.29) is 0 Å². The molecule has 1 saturated carbocycles. The van der Waals surface area contributed by atoms with E-state index in [2.05, 4.69) is 9.47 Å². The molecule has 0 N–H and O–H groups in total. The van der Waals surface area contributed by atoms with Crippen molar-refractivity contribution in [2.24, 2.45) is 5.41 Å². The summed E-state index contributed by atoms with van der Waals surface area (Å²) in [5.41, 5.74) is -1.51. The highest BCUT2D eigenvalue weighted by molar-refractivity contribution is 5.66. The molecule has 0 aromatic heterocycles. The van der Waals surface area contributed by atoms with Crippen molar-refractivity contribution in [1.82, 2.24) is 0 Å². The molecule has 0 saturated heterocycles. The average Bonchev–Trinajstić information content (AvgIpc) is 2.63. The minimum absolute atomic E-state index is 0.414. The first-order valence-electron chi connectivity index (χ1n) is 4.44. The van der Waals surface area contributed by atoms with Crippen molar-refractivity contribution < 1.29 is 27.8 Å². The molecule has 0 aromatic carbocycles. The topological polar surface area (TPSA) is 52.6 Å². The maximum absolute atomic E-state index is 13.0. The van der Waals surface area contributed by atoms with Gasteiger partial charge >= 0.3 is 11.9 Å². The summed E-state index contributed by atoms with van der Waals surface area (Å²) < 4.78 is 35.0. The van der Waals surface area contributed by atoms with Crippen LogP contribution in [-0.4, -0.2) is 31.1 Å². The van der Waals surface area contributed by atoms with E-state index in [1.165, 1.54) is 0 Å². The van der Waals surface area contributed by atoms with E-state index in [0.717, 1.165) is 13.8 Å². The first-order chi connectivity index (χ1) is 6.79. The Morgan fingerprint density at radius 2 is 1.47 bits per heavy atom. The van der Waals surface area contributed by atoms with E-state index in [1.807, 2.05) is 0 Å².